The lowest BCUT2D eigenvalue weighted by Gasteiger charge is -2.49. The van der Waals surface area contributed by atoms with Crippen LogP contribution in [0, 0.1) is 0 Å². The summed E-state index contributed by atoms with van der Waals surface area (Å²) in [5, 5.41) is 18.1. The number of carboxylic acids is 1. The highest BCUT2D eigenvalue weighted by Crippen LogP contribution is 2.41. The molecule has 43 heavy (non-hydrogen) atoms. The number of carbonyl (C=O) groups is 4. The monoisotopic (exact) mass is 624 g/mol. The molecule has 3 amide bonds. The minimum atomic E-state index is -1.28. The third-order valence-corrected chi connectivity index (χ3v) is 9.75. The van der Waals surface area contributed by atoms with Crippen LogP contribution in [0.1, 0.15) is 37.8 Å². The molecule has 224 valence electrons. The first-order chi connectivity index (χ1) is 20.7. The Kier molecular flexibility index (Phi) is 7.92. The van der Waals surface area contributed by atoms with Crippen LogP contribution in [0.2, 0.25) is 0 Å². The van der Waals surface area contributed by atoms with Crippen LogP contribution in [-0.4, -0.2) is 74.2 Å². The van der Waals surface area contributed by atoms with Gasteiger partial charge in [0.15, 0.2) is 23.2 Å². The number of carboxylic acid groups (broad SMARTS) is 1. The fourth-order valence-corrected chi connectivity index (χ4v) is 7.48. The van der Waals surface area contributed by atoms with Crippen LogP contribution in [0.15, 0.2) is 58.0 Å². The van der Waals surface area contributed by atoms with Gasteiger partial charge in [-0.15, -0.1) is 23.1 Å². The van der Waals surface area contributed by atoms with E-state index in [1.165, 1.54) is 16.7 Å². The van der Waals surface area contributed by atoms with Gasteiger partial charge in [0.1, 0.15) is 41.6 Å². The number of fused-ring (bicyclic) bond motifs is 1. The maximum absolute atomic E-state index is 13.3. The molecule has 3 aliphatic heterocycles. The van der Waals surface area contributed by atoms with Crippen molar-refractivity contribution in [3.63, 3.8) is 0 Å². The van der Waals surface area contributed by atoms with Crippen molar-refractivity contribution in [2.45, 2.75) is 49.6 Å². The van der Waals surface area contributed by atoms with Crippen molar-refractivity contribution in [1.29, 1.82) is 0 Å². The molecule has 5 heterocycles. The first-order valence-electron chi connectivity index (χ1n) is 13.9. The van der Waals surface area contributed by atoms with Gasteiger partial charge >= 0.3 is 5.97 Å². The van der Waals surface area contributed by atoms with Gasteiger partial charge < -0.3 is 25.9 Å². The molecule has 2 saturated heterocycles. The number of hydrogen-bond acceptors (Lipinski definition) is 10. The Morgan fingerprint density at radius 2 is 2.09 bits per heavy atom. The number of nitrogens with zero attached hydrogens (tertiary/aromatic N) is 5. The number of anilines is 2. The van der Waals surface area contributed by atoms with Crippen molar-refractivity contribution in [2.75, 3.05) is 22.9 Å². The Balaban J connectivity index is 1.20. The molecule has 1 aliphatic carbocycles. The number of aliphatic carboxylic acids is 1. The first kappa shape index (κ1) is 28.9. The predicted octanol–water partition coefficient (Wildman–Crippen LogP) is 1.32. The average molecular weight is 625 g/mol. The van der Waals surface area contributed by atoms with Crippen LogP contribution in [0.25, 0.3) is 0 Å². The van der Waals surface area contributed by atoms with Crippen molar-refractivity contribution in [1.82, 2.24) is 15.2 Å². The molecule has 2 aromatic rings. The molecule has 0 spiro atoms. The van der Waals surface area contributed by atoms with Gasteiger partial charge in [-0.05, 0) is 49.8 Å². The van der Waals surface area contributed by atoms with Gasteiger partial charge in [-0.2, -0.15) is 0 Å². The van der Waals surface area contributed by atoms with Crippen molar-refractivity contribution in [3.8, 4) is 0 Å². The summed E-state index contributed by atoms with van der Waals surface area (Å²) in [4.78, 5) is 64.8. The number of aryl methyl sites for hydroxylation is 1. The van der Waals surface area contributed by atoms with E-state index >= 15 is 0 Å². The zero-order chi connectivity index (χ0) is 30.2. The number of rotatable bonds is 8. The summed E-state index contributed by atoms with van der Waals surface area (Å²) in [7, 11) is 1.87. The molecule has 6 rings (SSSR count). The summed E-state index contributed by atoms with van der Waals surface area (Å²) in [6.45, 7) is 0.468. The molecule has 4 N–H and O–H groups in total. The fraction of sp³-hybridized carbons (Fsp3) is 0.393. The second kappa shape index (κ2) is 11.8. The lowest BCUT2D eigenvalue weighted by Crippen LogP contribution is -2.71. The van der Waals surface area contributed by atoms with Crippen LogP contribution >= 0.6 is 23.1 Å². The summed E-state index contributed by atoms with van der Waals surface area (Å²) < 4.78 is 1.85. The quantitative estimate of drug-likeness (QED) is 0.129. The van der Waals surface area contributed by atoms with E-state index in [4.69, 9.17) is 10.6 Å². The molecule has 0 bridgehead atoms. The molecule has 13 nitrogen and oxygen atoms in total. The molecule has 2 atom stereocenters. The molecule has 1 saturated carbocycles. The Bertz CT molecular complexity index is 1600. The Hall–Kier alpha value is -4.24. The summed E-state index contributed by atoms with van der Waals surface area (Å²) in [6, 6.07) is 2.72. The zero-order valence-electron chi connectivity index (χ0n) is 23.3. The lowest BCUT2D eigenvalue weighted by atomic mass is 10.0. The van der Waals surface area contributed by atoms with Crippen molar-refractivity contribution in [3.05, 3.63) is 58.5 Å². The maximum Gasteiger partial charge on any atom is 0.352 e. The molecule has 3 fully saturated rings. The highest BCUT2D eigenvalue weighted by atomic mass is 32.2. The summed E-state index contributed by atoms with van der Waals surface area (Å²) >= 11 is 2.46. The van der Waals surface area contributed by atoms with Crippen LogP contribution in [-0.2, 0) is 31.1 Å². The van der Waals surface area contributed by atoms with Crippen LogP contribution in [0.4, 0.5) is 10.8 Å². The molecule has 0 unspecified atom stereocenters. The number of thiazole rings is 1. The molecular formula is C28H30N7O6S2+. The van der Waals surface area contributed by atoms with Crippen molar-refractivity contribution in [2.24, 2.45) is 12.2 Å². The number of thioether (sulfide) groups is 1. The number of oxime groups is 1. The third-order valence-electron chi connectivity index (χ3n) is 7.77. The number of nitrogens with one attached hydrogen (secondary N) is 1. The van der Waals surface area contributed by atoms with Gasteiger partial charge in [-0.1, -0.05) is 5.16 Å². The molecule has 0 radical (unpaired) electrons. The molecule has 15 heteroatoms. The van der Waals surface area contributed by atoms with Gasteiger partial charge in [0.2, 0.25) is 0 Å². The molecule has 2 aromatic heterocycles. The van der Waals surface area contributed by atoms with E-state index in [0.717, 1.165) is 42.7 Å². The number of hydrogen-bond donors (Lipinski definition) is 3. The van der Waals surface area contributed by atoms with E-state index < -0.39 is 29.2 Å². The Labute approximate surface area is 255 Å². The van der Waals surface area contributed by atoms with E-state index in [2.05, 4.69) is 15.5 Å². The van der Waals surface area contributed by atoms with E-state index in [1.807, 2.05) is 36.1 Å². The zero-order valence-corrected chi connectivity index (χ0v) is 24.9. The van der Waals surface area contributed by atoms with E-state index in [-0.39, 0.29) is 40.0 Å². The lowest BCUT2D eigenvalue weighted by molar-refractivity contribution is -0.670. The van der Waals surface area contributed by atoms with Gasteiger partial charge in [0.05, 0.1) is 0 Å². The highest BCUT2D eigenvalue weighted by molar-refractivity contribution is 8.00. The Morgan fingerprint density at radius 1 is 1.30 bits per heavy atom. The highest BCUT2D eigenvalue weighted by Gasteiger charge is 2.54. The fourth-order valence-electron chi connectivity index (χ4n) is 5.62. The standard InChI is InChI=1S/C28H29N7O6S2/c1-33-9-4-5-17(12-33)34-10-8-15(24(34)37)11-16-13-42-26-21(25(38)35(26)22(16)27(39)40)31-23(36)20(19-14-43-28(29)30-19)32-41-18-6-2-3-7-18/h4-5,9,11-12,14,18,21,26H,2-3,6-8,10,13H2,1H3,(H3-,29,30,31,36,39,40)/p+1/b15-11+,32-20-/t21-,26-/m1/s1. The van der Waals surface area contributed by atoms with E-state index in [1.54, 1.807) is 16.4 Å². The van der Waals surface area contributed by atoms with Gasteiger partial charge in [-0.25, -0.2) is 14.3 Å². The van der Waals surface area contributed by atoms with Gasteiger partial charge in [-0.3, -0.25) is 19.3 Å². The number of nitrogens with two attached hydrogens (primary N) is 1. The first-order valence-corrected chi connectivity index (χ1v) is 15.8. The second-order valence-corrected chi connectivity index (χ2v) is 12.7. The average Bonchev–Trinajstić information content (AvgIpc) is 3.74. The largest absolute Gasteiger partial charge is 0.477 e. The van der Waals surface area contributed by atoms with E-state index in [9.17, 15) is 24.3 Å². The van der Waals surface area contributed by atoms with Gasteiger partial charge in [0.25, 0.3) is 17.7 Å². The number of aromatic nitrogens is 2. The summed E-state index contributed by atoms with van der Waals surface area (Å²) in [5.41, 5.74) is 7.33. The van der Waals surface area contributed by atoms with Gasteiger partial charge in [0, 0.05) is 29.3 Å². The van der Waals surface area contributed by atoms with Crippen LogP contribution in [0.3, 0.4) is 0 Å². The minimum Gasteiger partial charge on any atom is -0.477 e. The van der Waals surface area contributed by atoms with Crippen molar-refractivity contribution < 1.29 is 33.7 Å². The number of carbonyl (C=O) groups excluding carboxylic acids is 3. The SMILES string of the molecule is C[n+]1cccc(N2CC/C(=C\C3=C(C(=O)O)N4C(=O)[C@@H](NC(=O)/C(=N\OC5CCCC5)c5csc(N)n5)[C@H]4SC3)C2=O)c1. The summed E-state index contributed by atoms with van der Waals surface area (Å²) in [6.07, 6.45) is 9.37. The number of pyridine rings is 1. The number of nitrogen functional groups attached to an aromatic ring is 1. The number of β-lactam (4-membered cyclic amide) rings is 1. The smallest absolute Gasteiger partial charge is 0.352 e. The van der Waals surface area contributed by atoms with Crippen molar-refractivity contribution >= 4 is 63.3 Å². The number of amides is 3. The Morgan fingerprint density at radius 3 is 2.79 bits per heavy atom. The summed E-state index contributed by atoms with van der Waals surface area (Å²) in [5.74, 6) is -2.47. The topological polar surface area (TPSA) is 171 Å². The second-order valence-electron chi connectivity index (χ2n) is 10.7. The van der Waals surface area contributed by atoms with Crippen LogP contribution < -0.4 is 20.5 Å². The molecular weight excluding hydrogens is 594 g/mol. The van der Waals surface area contributed by atoms with E-state index in [0.29, 0.717) is 24.1 Å². The third kappa shape index (κ3) is 5.61. The maximum atomic E-state index is 13.3. The van der Waals surface area contributed by atoms with Crippen LogP contribution in [0.5, 0.6) is 0 Å². The predicted molar refractivity (Wildman–Crippen MR) is 159 cm³/mol. The number of allylic oxidation sites excluding steroid dienone is 1. The minimum absolute atomic E-state index is 0.0948. The normalized spacial score (nSPS) is 23.6. The molecule has 0 aromatic carbocycles. The molecule has 4 aliphatic rings.